The fourth-order valence-electron chi connectivity index (χ4n) is 3.00. The molecule has 0 aromatic heterocycles. The number of hydrogen-bond donors (Lipinski definition) is 1. The van der Waals surface area contributed by atoms with Gasteiger partial charge in [0.25, 0.3) is 0 Å². The van der Waals surface area contributed by atoms with Crippen molar-refractivity contribution in [1.82, 2.24) is 4.90 Å². The first-order chi connectivity index (χ1) is 8.28. The zero-order valence-electron chi connectivity index (χ0n) is 11.6. The first kappa shape index (κ1) is 13.6. The topological polar surface area (TPSA) is 59.0 Å². The molecule has 2 fully saturated rings. The highest BCUT2D eigenvalue weighted by Crippen LogP contribution is 2.63. The van der Waals surface area contributed by atoms with E-state index >= 15 is 0 Å². The van der Waals surface area contributed by atoms with Crippen molar-refractivity contribution in [2.75, 3.05) is 26.5 Å². The Kier molecular flexibility index (Phi) is 3.32. The first-order valence-electron chi connectivity index (χ1n) is 6.44. The number of aliphatic hydroxyl groups is 1. The van der Waals surface area contributed by atoms with Gasteiger partial charge in [-0.2, -0.15) is 0 Å². The van der Waals surface area contributed by atoms with Crippen LogP contribution in [-0.4, -0.2) is 48.2 Å². The van der Waals surface area contributed by atoms with Crippen molar-refractivity contribution < 1.29 is 19.4 Å². The largest absolute Gasteiger partial charge is 0.444 e. The summed E-state index contributed by atoms with van der Waals surface area (Å²) in [6.07, 6.45) is -0.224. The van der Waals surface area contributed by atoms with Gasteiger partial charge in [0, 0.05) is 13.1 Å². The second-order valence-electron chi connectivity index (χ2n) is 6.58. The molecular weight excluding hydrogens is 234 g/mol. The Morgan fingerprint density at radius 3 is 2.61 bits per heavy atom. The zero-order chi connectivity index (χ0) is 13.6. The molecule has 1 heterocycles. The smallest absolute Gasteiger partial charge is 0.410 e. The van der Waals surface area contributed by atoms with E-state index in [1.165, 1.54) is 0 Å². The molecule has 104 valence electrons. The standard InChI is InChI=1S/C13H23NO4/c1-12(2,3)18-11(16)14-5-9-10(6-17-8-15)13(9,4)7-14/h9-10,15H,5-8H2,1-4H3. The summed E-state index contributed by atoms with van der Waals surface area (Å²) >= 11 is 0. The van der Waals surface area contributed by atoms with Crippen LogP contribution in [-0.2, 0) is 9.47 Å². The van der Waals surface area contributed by atoms with Gasteiger partial charge in [0.2, 0.25) is 0 Å². The lowest BCUT2D eigenvalue weighted by Gasteiger charge is -2.26. The van der Waals surface area contributed by atoms with Crippen LogP contribution >= 0.6 is 0 Å². The van der Waals surface area contributed by atoms with Crippen molar-refractivity contribution >= 4 is 6.09 Å². The molecule has 5 heteroatoms. The van der Waals surface area contributed by atoms with Crippen LogP contribution in [0.5, 0.6) is 0 Å². The lowest BCUT2D eigenvalue weighted by atomic mass is 10.1. The fourth-order valence-corrected chi connectivity index (χ4v) is 3.00. The molecule has 2 aliphatic rings. The Labute approximate surface area is 108 Å². The molecular formula is C13H23NO4. The molecule has 1 saturated carbocycles. The van der Waals surface area contributed by atoms with E-state index in [0.29, 0.717) is 18.4 Å². The van der Waals surface area contributed by atoms with E-state index in [2.05, 4.69) is 6.92 Å². The number of carbonyl (C=O) groups excluding carboxylic acids is 1. The third-order valence-corrected chi connectivity index (χ3v) is 4.06. The van der Waals surface area contributed by atoms with E-state index in [4.69, 9.17) is 14.6 Å². The van der Waals surface area contributed by atoms with Crippen LogP contribution < -0.4 is 0 Å². The van der Waals surface area contributed by atoms with Gasteiger partial charge in [0.15, 0.2) is 0 Å². The minimum absolute atomic E-state index is 0.145. The number of likely N-dealkylation sites (tertiary alicyclic amines) is 1. The summed E-state index contributed by atoms with van der Waals surface area (Å²) in [5, 5.41) is 8.65. The molecule has 1 N–H and O–H groups in total. The van der Waals surface area contributed by atoms with Gasteiger partial charge >= 0.3 is 6.09 Å². The van der Waals surface area contributed by atoms with E-state index in [-0.39, 0.29) is 18.3 Å². The second-order valence-corrected chi connectivity index (χ2v) is 6.58. The lowest BCUT2D eigenvalue weighted by molar-refractivity contribution is -0.0152. The van der Waals surface area contributed by atoms with Crippen LogP contribution in [0.15, 0.2) is 0 Å². The monoisotopic (exact) mass is 257 g/mol. The van der Waals surface area contributed by atoms with Gasteiger partial charge in [-0.3, -0.25) is 0 Å². The maximum absolute atomic E-state index is 11.9. The molecule has 5 nitrogen and oxygen atoms in total. The fraction of sp³-hybridized carbons (Fsp3) is 0.923. The van der Waals surface area contributed by atoms with Gasteiger partial charge in [-0.05, 0) is 38.0 Å². The highest BCUT2D eigenvalue weighted by molar-refractivity contribution is 5.69. The van der Waals surface area contributed by atoms with Crippen molar-refractivity contribution in [2.24, 2.45) is 17.3 Å². The molecule has 0 aromatic carbocycles. The average Bonchev–Trinajstić information content (AvgIpc) is 2.60. The van der Waals surface area contributed by atoms with Gasteiger partial charge in [-0.15, -0.1) is 0 Å². The Morgan fingerprint density at radius 1 is 1.50 bits per heavy atom. The number of hydrogen-bond acceptors (Lipinski definition) is 4. The third-order valence-electron chi connectivity index (χ3n) is 4.06. The Bertz CT molecular complexity index is 338. The molecule has 1 amide bonds. The average molecular weight is 257 g/mol. The predicted molar refractivity (Wildman–Crippen MR) is 65.9 cm³/mol. The summed E-state index contributed by atoms with van der Waals surface area (Å²) in [7, 11) is 0. The molecule has 0 radical (unpaired) electrons. The minimum Gasteiger partial charge on any atom is -0.444 e. The number of amides is 1. The van der Waals surface area contributed by atoms with Gasteiger partial charge < -0.3 is 19.5 Å². The summed E-state index contributed by atoms with van der Waals surface area (Å²) in [5.41, 5.74) is -0.295. The van der Waals surface area contributed by atoms with Crippen molar-refractivity contribution in [3.8, 4) is 0 Å². The van der Waals surface area contributed by atoms with Crippen LogP contribution in [0.1, 0.15) is 27.7 Å². The SMILES string of the molecule is CC(C)(C)OC(=O)N1CC2C(COCO)C2(C)C1. The van der Waals surface area contributed by atoms with Crippen LogP contribution in [0.4, 0.5) is 4.79 Å². The van der Waals surface area contributed by atoms with E-state index in [9.17, 15) is 4.79 Å². The molecule has 0 aromatic rings. The number of piperidine rings is 1. The Morgan fingerprint density at radius 2 is 2.17 bits per heavy atom. The summed E-state index contributed by atoms with van der Waals surface area (Å²) < 4.78 is 10.4. The second kappa shape index (κ2) is 4.38. The number of fused-ring (bicyclic) bond motifs is 1. The van der Waals surface area contributed by atoms with Gasteiger partial charge in [-0.1, -0.05) is 6.92 Å². The summed E-state index contributed by atoms with van der Waals surface area (Å²) in [5.74, 6) is 0.944. The Balaban J connectivity index is 1.84. The van der Waals surface area contributed by atoms with Gasteiger partial charge in [-0.25, -0.2) is 4.79 Å². The van der Waals surface area contributed by atoms with Gasteiger partial charge in [0.1, 0.15) is 12.4 Å². The van der Waals surface area contributed by atoms with E-state index in [0.717, 1.165) is 13.1 Å². The van der Waals surface area contributed by atoms with Crippen LogP contribution in [0.2, 0.25) is 0 Å². The van der Waals surface area contributed by atoms with E-state index in [1.54, 1.807) is 4.90 Å². The van der Waals surface area contributed by atoms with Crippen molar-refractivity contribution in [2.45, 2.75) is 33.3 Å². The molecule has 0 spiro atoms. The first-order valence-corrected chi connectivity index (χ1v) is 6.44. The molecule has 18 heavy (non-hydrogen) atoms. The molecule has 0 bridgehead atoms. The zero-order valence-corrected chi connectivity index (χ0v) is 11.6. The molecule has 1 saturated heterocycles. The lowest BCUT2D eigenvalue weighted by Crippen LogP contribution is -2.38. The van der Waals surface area contributed by atoms with Crippen molar-refractivity contribution in [3.05, 3.63) is 0 Å². The number of nitrogens with zero attached hydrogens (tertiary/aromatic N) is 1. The highest BCUT2D eigenvalue weighted by atomic mass is 16.6. The molecule has 1 aliphatic heterocycles. The molecule has 2 rings (SSSR count). The minimum atomic E-state index is -0.440. The summed E-state index contributed by atoms with van der Waals surface area (Å²) in [6, 6.07) is 0. The van der Waals surface area contributed by atoms with E-state index < -0.39 is 5.60 Å². The maximum Gasteiger partial charge on any atom is 0.410 e. The van der Waals surface area contributed by atoms with Crippen molar-refractivity contribution in [1.29, 1.82) is 0 Å². The number of aliphatic hydroxyl groups excluding tert-OH is 1. The maximum atomic E-state index is 11.9. The Hall–Kier alpha value is -0.810. The summed E-state index contributed by atoms with van der Waals surface area (Å²) in [4.78, 5) is 13.7. The van der Waals surface area contributed by atoms with Gasteiger partial charge in [0.05, 0.1) is 6.61 Å². The predicted octanol–water partition coefficient (Wildman–Crippen LogP) is 1.46. The van der Waals surface area contributed by atoms with Crippen LogP contribution in [0, 0.1) is 17.3 Å². The third kappa shape index (κ3) is 2.47. The van der Waals surface area contributed by atoms with Crippen molar-refractivity contribution in [3.63, 3.8) is 0 Å². The van der Waals surface area contributed by atoms with Crippen LogP contribution in [0.3, 0.4) is 0 Å². The quantitative estimate of drug-likeness (QED) is 0.778. The normalized spacial score (nSPS) is 34.4. The summed E-state index contributed by atoms with van der Waals surface area (Å²) in [6.45, 7) is 9.63. The van der Waals surface area contributed by atoms with Crippen LogP contribution in [0.25, 0.3) is 0 Å². The molecule has 3 atom stereocenters. The highest BCUT2D eigenvalue weighted by Gasteiger charge is 2.66. The molecule has 3 unspecified atom stereocenters. The number of ether oxygens (including phenoxy) is 2. The van der Waals surface area contributed by atoms with E-state index in [1.807, 2.05) is 20.8 Å². The number of carbonyl (C=O) groups is 1. The molecule has 1 aliphatic carbocycles. The number of rotatable bonds is 3.